The Kier molecular flexibility index (Phi) is 12.2. The van der Waals surface area contributed by atoms with Crippen molar-refractivity contribution in [2.45, 2.75) is 50.3 Å². The second kappa shape index (κ2) is 17.4. The molecule has 2 atom stereocenters. The first-order valence-corrected chi connectivity index (χ1v) is 16.2. The SMILES string of the molecule is [N-]=[N+]=NCc1ccccc1[C@H]1OC(c2ccc(OCCCO)cc2)=N[C@@]1(Cc1ccccc1N=[N+]=[N-])C(=O)NCCCCc1ccccc1. The summed E-state index contributed by atoms with van der Waals surface area (Å²) >= 11 is 0. The molecule has 0 bridgehead atoms. The van der Waals surface area contributed by atoms with Crippen molar-refractivity contribution in [3.8, 4) is 5.75 Å². The van der Waals surface area contributed by atoms with Crippen molar-refractivity contribution in [1.82, 2.24) is 5.32 Å². The Labute approximate surface area is 284 Å². The number of nitrogens with zero attached hydrogens (tertiary/aromatic N) is 7. The summed E-state index contributed by atoms with van der Waals surface area (Å²) in [5.41, 5.74) is 21.1. The van der Waals surface area contributed by atoms with Crippen LogP contribution >= 0.6 is 0 Å². The third kappa shape index (κ3) is 8.77. The highest BCUT2D eigenvalue weighted by Crippen LogP contribution is 2.45. The van der Waals surface area contributed by atoms with Crippen LogP contribution in [0.4, 0.5) is 5.69 Å². The number of aryl methyl sites for hydroxylation is 1. The summed E-state index contributed by atoms with van der Waals surface area (Å²) in [4.78, 5) is 25.7. The van der Waals surface area contributed by atoms with Gasteiger partial charge in [0.2, 0.25) is 5.90 Å². The fourth-order valence-electron chi connectivity index (χ4n) is 5.85. The molecule has 0 radical (unpaired) electrons. The first-order chi connectivity index (χ1) is 24.1. The number of amides is 1. The van der Waals surface area contributed by atoms with Crippen molar-refractivity contribution in [3.63, 3.8) is 0 Å². The van der Waals surface area contributed by atoms with Gasteiger partial charge >= 0.3 is 0 Å². The summed E-state index contributed by atoms with van der Waals surface area (Å²) in [6.07, 6.45) is 2.17. The number of hydrogen-bond donors (Lipinski definition) is 2. The topological polar surface area (TPSA) is 178 Å². The number of rotatable bonds is 17. The van der Waals surface area contributed by atoms with E-state index in [1.165, 1.54) is 5.56 Å². The fraction of sp³-hybridized carbons (Fsp3) is 0.297. The first-order valence-electron chi connectivity index (χ1n) is 16.2. The largest absolute Gasteiger partial charge is 0.494 e. The molecule has 1 aliphatic rings. The van der Waals surface area contributed by atoms with Crippen molar-refractivity contribution in [1.29, 1.82) is 0 Å². The van der Waals surface area contributed by atoms with E-state index in [0.717, 1.165) is 19.3 Å². The number of nitrogens with one attached hydrogen (secondary N) is 1. The van der Waals surface area contributed by atoms with E-state index < -0.39 is 11.6 Å². The molecule has 12 nitrogen and oxygen atoms in total. The number of carbonyl (C=O) groups is 1. The zero-order chi connectivity index (χ0) is 34.3. The minimum atomic E-state index is -1.53. The predicted molar refractivity (Wildman–Crippen MR) is 187 cm³/mol. The van der Waals surface area contributed by atoms with Gasteiger partial charge in [0.15, 0.2) is 11.6 Å². The second-order valence-corrected chi connectivity index (χ2v) is 11.6. The number of ether oxygens (including phenoxy) is 2. The van der Waals surface area contributed by atoms with Crippen LogP contribution in [-0.2, 0) is 28.9 Å². The Morgan fingerprint density at radius 2 is 1.63 bits per heavy atom. The van der Waals surface area contributed by atoms with E-state index >= 15 is 0 Å². The quantitative estimate of drug-likeness (QED) is 0.0508. The maximum Gasteiger partial charge on any atom is 0.252 e. The summed E-state index contributed by atoms with van der Waals surface area (Å²) in [5.74, 6) is 0.534. The van der Waals surface area contributed by atoms with Crippen LogP contribution in [0.3, 0.4) is 0 Å². The van der Waals surface area contributed by atoms with Gasteiger partial charge in [-0.05, 0) is 76.8 Å². The lowest BCUT2D eigenvalue weighted by Gasteiger charge is -2.32. The summed E-state index contributed by atoms with van der Waals surface area (Å²) in [6.45, 7) is 0.874. The van der Waals surface area contributed by atoms with Crippen molar-refractivity contribution < 1.29 is 19.4 Å². The highest BCUT2D eigenvalue weighted by molar-refractivity contribution is 6.01. The van der Waals surface area contributed by atoms with Crippen LogP contribution < -0.4 is 10.1 Å². The number of carbonyl (C=O) groups excluding carboxylic acids is 1. The highest BCUT2D eigenvalue weighted by atomic mass is 16.5. The normalized spacial score (nSPS) is 16.4. The molecule has 0 saturated carbocycles. The smallest absolute Gasteiger partial charge is 0.252 e. The molecule has 12 heteroatoms. The van der Waals surface area contributed by atoms with E-state index in [9.17, 15) is 10.3 Å². The Morgan fingerprint density at radius 1 is 0.898 bits per heavy atom. The molecule has 0 unspecified atom stereocenters. The molecule has 0 saturated heterocycles. The standard InChI is InChI=1S/C37H38N8O4/c38-44-41-26-30-15-4-6-16-32(30)34-37(25-29-14-5-7-17-33(29)43-45-39,36(47)40-22-9-8-13-27-11-2-1-3-12-27)42-35(49-34)28-18-20-31(21-19-28)48-24-10-23-46/h1-7,11-12,14-21,34,46H,8-10,13,22-26H2,(H,40,47)/t34-,37-/m1/s1. The summed E-state index contributed by atoms with van der Waals surface area (Å²) in [7, 11) is 0. The number of hydrogen-bond acceptors (Lipinski definition) is 7. The molecule has 1 amide bonds. The highest BCUT2D eigenvalue weighted by Gasteiger charge is 2.54. The van der Waals surface area contributed by atoms with Crippen molar-refractivity contribution >= 4 is 17.5 Å². The lowest BCUT2D eigenvalue weighted by Crippen LogP contribution is -2.50. The molecule has 0 aliphatic carbocycles. The molecule has 0 aromatic heterocycles. The van der Waals surface area contributed by atoms with Gasteiger partial charge in [-0.15, -0.1) is 0 Å². The lowest BCUT2D eigenvalue weighted by atomic mass is 9.80. The predicted octanol–water partition coefficient (Wildman–Crippen LogP) is 7.84. The zero-order valence-electron chi connectivity index (χ0n) is 27.1. The van der Waals surface area contributed by atoms with Gasteiger partial charge in [0.1, 0.15) is 5.75 Å². The van der Waals surface area contributed by atoms with Gasteiger partial charge in [0.25, 0.3) is 5.91 Å². The van der Waals surface area contributed by atoms with Crippen LogP contribution in [0, 0.1) is 0 Å². The molecule has 4 aromatic carbocycles. The van der Waals surface area contributed by atoms with E-state index in [0.29, 0.717) is 53.3 Å². The summed E-state index contributed by atoms with van der Waals surface area (Å²) < 4.78 is 12.4. The van der Waals surface area contributed by atoms with Crippen LogP contribution in [0.2, 0.25) is 0 Å². The number of unbranched alkanes of at least 4 members (excludes halogenated alkanes) is 1. The molecule has 250 valence electrons. The molecule has 0 fully saturated rings. The van der Waals surface area contributed by atoms with Crippen LogP contribution in [-0.4, -0.2) is 42.2 Å². The van der Waals surface area contributed by atoms with Crippen LogP contribution in [0.25, 0.3) is 20.9 Å². The van der Waals surface area contributed by atoms with E-state index in [-0.39, 0.29) is 31.4 Å². The van der Waals surface area contributed by atoms with Crippen molar-refractivity contribution in [2.24, 2.45) is 15.2 Å². The molecular formula is C37H38N8O4. The second-order valence-electron chi connectivity index (χ2n) is 11.6. The number of benzene rings is 4. The zero-order valence-corrected chi connectivity index (χ0v) is 27.1. The molecular weight excluding hydrogens is 620 g/mol. The molecule has 5 rings (SSSR count). The third-order valence-electron chi connectivity index (χ3n) is 8.30. The van der Waals surface area contributed by atoms with Crippen LogP contribution in [0.15, 0.2) is 118 Å². The fourth-order valence-corrected chi connectivity index (χ4v) is 5.85. The molecule has 49 heavy (non-hydrogen) atoms. The monoisotopic (exact) mass is 658 g/mol. The number of azide groups is 2. The van der Waals surface area contributed by atoms with Gasteiger partial charge in [0, 0.05) is 47.1 Å². The van der Waals surface area contributed by atoms with Gasteiger partial charge in [-0.25, -0.2) is 4.99 Å². The average molecular weight is 659 g/mol. The summed E-state index contributed by atoms with van der Waals surface area (Å²) in [6, 6.07) is 31.9. The Bertz CT molecular complexity index is 1840. The van der Waals surface area contributed by atoms with Gasteiger partial charge in [-0.3, -0.25) is 4.79 Å². The van der Waals surface area contributed by atoms with E-state index in [1.54, 1.807) is 24.3 Å². The lowest BCUT2D eigenvalue weighted by molar-refractivity contribution is -0.128. The molecule has 1 aliphatic heterocycles. The summed E-state index contributed by atoms with van der Waals surface area (Å²) in [5, 5.41) is 20.0. The number of aliphatic hydroxyl groups excluding tert-OH is 1. The first kappa shape index (κ1) is 34.5. The molecule has 0 spiro atoms. The van der Waals surface area contributed by atoms with E-state index in [4.69, 9.17) is 25.1 Å². The maximum absolute atomic E-state index is 14.6. The number of aliphatic imine (C=N–C) groups is 1. The van der Waals surface area contributed by atoms with Crippen LogP contribution in [0.5, 0.6) is 5.75 Å². The Balaban J connectivity index is 1.54. The van der Waals surface area contributed by atoms with E-state index in [2.05, 4.69) is 37.5 Å². The van der Waals surface area contributed by atoms with Crippen molar-refractivity contribution in [3.05, 3.63) is 152 Å². The van der Waals surface area contributed by atoms with Crippen LogP contribution in [0.1, 0.15) is 53.2 Å². The Hall–Kier alpha value is -5.80. The van der Waals surface area contributed by atoms with Crippen molar-refractivity contribution in [2.75, 3.05) is 19.8 Å². The van der Waals surface area contributed by atoms with Gasteiger partial charge in [0.05, 0.1) is 13.2 Å². The molecule has 2 N–H and O–H groups in total. The third-order valence-corrected chi connectivity index (χ3v) is 8.30. The molecule has 1 heterocycles. The minimum absolute atomic E-state index is 0.0330. The van der Waals surface area contributed by atoms with Gasteiger partial charge in [-0.2, -0.15) is 0 Å². The average Bonchev–Trinajstić information content (AvgIpc) is 3.52. The van der Waals surface area contributed by atoms with Gasteiger partial charge in [-0.1, -0.05) is 89.1 Å². The van der Waals surface area contributed by atoms with Gasteiger partial charge < -0.3 is 19.9 Å². The minimum Gasteiger partial charge on any atom is -0.494 e. The molecule has 4 aromatic rings. The van der Waals surface area contributed by atoms with E-state index in [1.807, 2.05) is 66.7 Å². The Morgan fingerprint density at radius 3 is 2.39 bits per heavy atom. The number of aliphatic hydroxyl groups is 1. The maximum atomic E-state index is 14.6.